The maximum absolute atomic E-state index is 12.6. The monoisotopic (exact) mass is 437 g/mol. The first-order valence-corrected chi connectivity index (χ1v) is 10.5. The summed E-state index contributed by atoms with van der Waals surface area (Å²) in [6.07, 6.45) is 3.77. The Kier molecular flexibility index (Phi) is 5.28. The lowest BCUT2D eigenvalue weighted by Gasteiger charge is -2.26. The fourth-order valence-corrected chi connectivity index (χ4v) is 4.16. The van der Waals surface area contributed by atoms with Crippen molar-refractivity contribution < 1.29 is 14.3 Å². The third kappa shape index (κ3) is 3.75. The molecule has 3 aromatic rings. The summed E-state index contributed by atoms with van der Waals surface area (Å²) < 4.78 is 14.5. The number of fused-ring (bicyclic) bond motifs is 1. The van der Waals surface area contributed by atoms with Gasteiger partial charge in [-0.15, -0.1) is 5.10 Å². The first kappa shape index (κ1) is 21.6. The average Bonchev–Trinajstić information content (AvgIpc) is 3.42. The van der Waals surface area contributed by atoms with Crippen LogP contribution in [0.4, 0.5) is 4.79 Å². The van der Waals surface area contributed by atoms with Crippen LogP contribution < -0.4 is 4.74 Å². The standard InChI is InChI=1S/C22H27N7O3/c1-13-7-17(12-27(13)21(30)32-22(3,4)5)29-14(2)19(25-26-29)15-8-18(31-6)20-16(9-23)10-24-28(20)11-15/h8,10-11,13,17H,7,12H2,1-6H3/t13-,17+/m1/s1. The van der Waals surface area contributed by atoms with E-state index in [1.807, 2.05) is 51.6 Å². The second-order valence-corrected chi connectivity index (χ2v) is 9.10. The third-order valence-corrected chi connectivity index (χ3v) is 5.64. The second kappa shape index (κ2) is 7.82. The van der Waals surface area contributed by atoms with E-state index >= 15 is 0 Å². The van der Waals surface area contributed by atoms with Crippen LogP contribution in [0.25, 0.3) is 16.8 Å². The molecule has 0 aliphatic carbocycles. The van der Waals surface area contributed by atoms with Gasteiger partial charge >= 0.3 is 6.09 Å². The number of rotatable bonds is 3. The molecule has 1 aliphatic heterocycles. The molecule has 0 radical (unpaired) electrons. The molecule has 3 aromatic heterocycles. The quantitative estimate of drug-likeness (QED) is 0.618. The van der Waals surface area contributed by atoms with E-state index < -0.39 is 5.60 Å². The number of carbonyl (C=O) groups excluding carboxylic acids is 1. The fourth-order valence-electron chi connectivity index (χ4n) is 4.16. The number of hydrogen-bond donors (Lipinski definition) is 0. The van der Waals surface area contributed by atoms with Gasteiger partial charge in [-0.1, -0.05) is 5.21 Å². The average molecular weight is 438 g/mol. The topological polar surface area (TPSA) is 111 Å². The van der Waals surface area contributed by atoms with E-state index in [9.17, 15) is 10.1 Å². The minimum absolute atomic E-state index is 0.000657. The highest BCUT2D eigenvalue weighted by Gasteiger charge is 2.37. The van der Waals surface area contributed by atoms with Crippen LogP contribution in [0.1, 0.15) is 51.4 Å². The van der Waals surface area contributed by atoms with Crippen molar-refractivity contribution >= 4 is 11.6 Å². The van der Waals surface area contributed by atoms with Crippen LogP contribution in [0, 0.1) is 18.3 Å². The van der Waals surface area contributed by atoms with Gasteiger partial charge in [-0.25, -0.2) is 14.0 Å². The van der Waals surface area contributed by atoms with Crippen molar-refractivity contribution in [1.82, 2.24) is 29.5 Å². The van der Waals surface area contributed by atoms with Crippen molar-refractivity contribution in [3.8, 4) is 23.1 Å². The number of ether oxygens (including phenoxy) is 2. The molecule has 1 aliphatic rings. The molecule has 4 rings (SSSR count). The summed E-state index contributed by atoms with van der Waals surface area (Å²) in [6.45, 7) is 10.1. The summed E-state index contributed by atoms with van der Waals surface area (Å²) in [5, 5.41) is 22.4. The SMILES string of the molecule is COc1cc(-c2nnn([C@H]3C[C@@H](C)N(C(=O)OC(C)(C)C)C3)c2C)cn2ncc(C#N)c12. The maximum Gasteiger partial charge on any atom is 0.410 e. The maximum atomic E-state index is 12.6. The summed E-state index contributed by atoms with van der Waals surface area (Å²) >= 11 is 0. The lowest BCUT2D eigenvalue weighted by molar-refractivity contribution is 0.0233. The molecule has 0 N–H and O–H groups in total. The Morgan fingerprint density at radius 3 is 2.75 bits per heavy atom. The Balaban J connectivity index is 1.64. The number of pyridine rings is 1. The molecule has 1 fully saturated rings. The Morgan fingerprint density at radius 1 is 1.34 bits per heavy atom. The zero-order valence-corrected chi connectivity index (χ0v) is 19.2. The van der Waals surface area contributed by atoms with Gasteiger partial charge in [-0.3, -0.25) is 0 Å². The normalized spacial score (nSPS) is 18.7. The van der Waals surface area contributed by atoms with Gasteiger partial charge in [0.2, 0.25) is 0 Å². The Labute approximate surface area is 186 Å². The highest BCUT2D eigenvalue weighted by molar-refractivity contribution is 5.74. The van der Waals surface area contributed by atoms with Crippen molar-refractivity contribution in [3.05, 3.63) is 29.7 Å². The van der Waals surface area contributed by atoms with Gasteiger partial charge in [0.25, 0.3) is 0 Å². The molecule has 10 nitrogen and oxygen atoms in total. The van der Waals surface area contributed by atoms with Crippen molar-refractivity contribution in [2.24, 2.45) is 0 Å². The molecule has 0 unspecified atom stereocenters. The van der Waals surface area contributed by atoms with Gasteiger partial charge in [-0.05, 0) is 47.1 Å². The van der Waals surface area contributed by atoms with Crippen LogP contribution in [0.5, 0.6) is 5.75 Å². The summed E-state index contributed by atoms with van der Waals surface area (Å²) in [6, 6.07) is 4.00. The molecule has 0 aromatic carbocycles. The smallest absolute Gasteiger partial charge is 0.410 e. The van der Waals surface area contributed by atoms with E-state index in [2.05, 4.69) is 21.5 Å². The zero-order valence-electron chi connectivity index (χ0n) is 19.2. The summed E-state index contributed by atoms with van der Waals surface area (Å²) in [7, 11) is 1.56. The summed E-state index contributed by atoms with van der Waals surface area (Å²) in [4.78, 5) is 14.3. The second-order valence-electron chi connectivity index (χ2n) is 9.10. The predicted octanol–water partition coefficient (Wildman–Crippen LogP) is 3.35. The lowest BCUT2D eigenvalue weighted by Crippen LogP contribution is -2.39. The molecule has 4 heterocycles. The Morgan fingerprint density at radius 2 is 2.09 bits per heavy atom. The predicted molar refractivity (Wildman–Crippen MR) is 116 cm³/mol. The molecule has 0 saturated carbocycles. The number of likely N-dealkylation sites (tertiary alicyclic amines) is 1. The molecule has 10 heteroatoms. The molecule has 168 valence electrons. The van der Waals surface area contributed by atoms with Gasteiger partial charge in [0, 0.05) is 24.3 Å². The van der Waals surface area contributed by atoms with Crippen molar-refractivity contribution in [2.75, 3.05) is 13.7 Å². The van der Waals surface area contributed by atoms with Gasteiger partial charge < -0.3 is 14.4 Å². The minimum Gasteiger partial charge on any atom is -0.494 e. The van der Waals surface area contributed by atoms with E-state index in [-0.39, 0.29) is 18.2 Å². The number of carbonyl (C=O) groups is 1. The summed E-state index contributed by atoms with van der Waals surface area (Å²) in [5.74, 6) is 0.538. The first-order valence-electron chi connectivity index (χ1n) is 10.5. The van der Waals surface area contributed by atoms with Crippen molar-refractivity contribution in [1.29, 1.82) is 5.26 Å². The van der Waals surface area contributed by atoms with Gasteiger partial charge in [0.15, 0.2) is 0 Å². The van der Waals surface area contributed by atoms with Crippen molar-refractivity contribution in [3.63, 3.8) is 0 Å². The summed E-state index contributed by atoms with van der Waals surface area (Å²) in [5.41, 5.74) is 2.86. The van der Waals surface area contributed by atoms with Crippen LogP contribution in [-0.4, -0.2) is 60.9 Å². The number of nitriles is 1. The number of methoxy groups -OCH3 is 1. The molecule has 1 saturated heterocycles. The Hall–Kier alpha value is -3.61. The lowest BCUT2D eigenvalue weighted by atomic mass is 10.1. The number of aromatic nitrogens is 5. The van der Waals surface area contributed by atoms with Crippen LogP contribution in [0.2, 0.25) is 0 Å². The Bertz CT molecular complexity index is 1210. The highest BCUT2D eigenvalue weighted by atomic mass is 16.6. The molecule has 1 amide bonds. The van der Waals surface area contributed by atoms with Crippen LogP contribution in [0.3, 0.4) is 0 Å². The van der Waals surface area contributed by atoms with Crippen molar-refractivity contribution in [2.45, 2.75) is 58.7 Å². The van der Waals surface area contributed by atoms with Gasteiger partial charge in [-0.2, -0.15) is 10.4 Å². The first-order chi connectivity index (χ1) is 15.1. The van der Waals surface area contributed by atoms with Crippen LogP contribution in [0.15, 0.2) is 18.5 Å². The number of amides is 1. The van der Waals surface area contributed by atoms with E-state index in [4.69, 9.17) is 9.47 Å². The number of hydrogen-bond acceptors (Lipinski definition) is 7. The third-order valence-electron chi connectivity index (χ3n) is 5.64. The van der Waals surface area contributed by atoms with Crippen LogP contribution >= 0.6 is 0 Å². The zero-order chi connectivity index (χ0) is 23.2. The van der Waals surface area contributed by atoms with E-state index in [1.54, 1.807) is 16.5 Å². The molecule has 0 spiro atoms. The largest absolute Gasteiger partial charge is 0.494 e. The minimum atomic E-state index is -0.541. The molecule has 32 heavy (non-hydrogen) atoms. The van der Waals surface area contributed by atoms with Gasteiger partial charge in [0.1, 0.15) is 34.2 Å². The fraction of sp³-hybridized carbons (Fsp3) is 0.500. The van der Waals surface area contributed by atoms with Crippen LogP contribution in [-0.2, 0) is 4.74 Å². The van der Waals surface area contributed by atoms with Gasteiger partial charge in [0.05, 0.1) is 25.0 Å². The molecular weight excluding hydrogens is 410 g/mol. The van der Waals surface area contributed by atoms with E-state index in [1.165, 1.54) is 6.20 Å². The molecule has 2 atom stereocenters. The van der Waals surface area contributed by atoms with E-state index in [0.717, 1.165) is 17.7 Å². The molecule has 0 bridgehead atoms. The molecular formula is C22H27N7O3. The highest BCUT2D eigenvalue weighted by Crippen LogP contribution is 2.33. The number of nitrogens with zero attached hydrogens (tertiary/aromatic N) is 7. The van der Waals surface area contributed by atoms with E-state index in [0.29, 0.717) is 29.1 Å².